The number of fused-ring (bicyclic) bond motifs is 1. The second kappa shape index (κ2) is 7.96. The first-order valence-corrected chi connectivity index (χ1v) is 8.66. The number of rotatable bonds is 6. The zero-order valence-corrected chi connectivity index (χ0v) is 14.8. The molecular weight excluding hydrogens is 318 g/mol. The number of ether oxygens (including phenoxy) is 2. The number of hydrogen-bond donors (Lipinski definition) is 1. The van der Waals surface area contributed by atoms with Gasteiger partial charge in [-0.2, -0.15) is 0 Å². The predicted octanol–water partition coefficient (Wildman–Crippen LogP) is 3.05. The summed E-state index contributed by atoms with van der Waals surface area (Å²) in [5, 5.41) is 2.98. The smallest absolute Gasteiger partial charge is 0.317 e. The summed E-state index contributed by atoms with van der Waals surface area (Å²) in [5.41, 5.74) is 1.02. The maximum Gasteiger partial charge on any atom is 0.317 e. The van der Waals surface area contributed by atoms with Gasteiger partial charge in [0.1, 0.15) is 13.2 Å². The van der Waals surface area contributed by atoms with E-state index in [4.69, 9.17) is 9.47 Å². The third-order valence-electron chi connectivity index (χ3n) is 4.49. The summed E-state index contributed by atoms with van der Waals surface area (Å²) >= 11 is 0. The van der Waals surface area contributed by atoms with Crippen LogP contribution in [0.15, 0.2) is 42.7 Å². The maximum atomic E-state index is 12.4. The summed E-state index contributed by atoms with van der Waals surface area (Å²) < 4.78 is 13.3. The SMILES string of the molecule is C[C@H](c1ccc2c(c1)OCCO2)N(C)C(=O)NCCCn1cccc1. The highest BCUT2D eigenvalue weighted by molar-refractivity contribution is 5.74. The molecule has 0 aliphatic carbocycles. The summed E-state index contributed by atoms with van der Waals surface area (Å²) in [6.07, 6.45) is 4.95. The lowest BCUT2D eigenvalue weighted by atomic mass is 10.1. The number of carbonyl (C=O) groups excluding carboxylic acids is 1. The van der Waals surface area contributed by atoms with Gasteiger partial charge in [0.15, 0.2) is 11.5 Å². The van der Waals surface area contributed by atoms with Crippen LogP contribution in [0.5, 0.6) is 11.5 Å². The maximum absolute atomic E-state index is 12.4. The molecule has 6 heteroatoms. The third kappa shape index (κ3) is 4.26. The van der Waals surface area contributed by atoms with Gasteiger partial charge < -0.3 is 24.3 Å². The van der Waals surface area contributed by atoms with Crippen molar-refractivity contribution >= 4 is 6.03 Å². The number of aryl methyl sites for hydroxylation is 1. The van der Waals surface area contributed by atoms with Crippen molar-refractivity contribution in [2.75, 3.05) is 26.8 Å². The van der Waals surface area contributed by atoms with E-state index in [0.29, 0.717) is 19.8 Å². The first kappa shape index (κ1) is 17.2. The summed E-state index contributed by atoms with van der Waals surface area (Å²) in [7, 11) is 1.81. The van der Waals surface area contributed by atoms with Gasteiger partial charge >= 0.3 is 6.03 Å². The van der Waals surface area contributed by atoms with Gasteiger partial charge in [-0.3, -0.25) is 0 Å². The Morgan fingerprint density at radius 2 is 1.96 bits per heavy atom. The van der Waals surface area contributed by atoms with E-state index in [2.05, 4.69) is 9.88 Å². The van der Waals surface area contributed by atoms with Crippen LogP contribution in [0.3, 0.4) is 0 Å². The zero-order valence-electron chi connectivity index (χ0n) is 14.8. The minimum absolute atomic E-state index is 0.0553. The van der Waals surface area contributed by atoms with Crippen LogP contribution in [0.1, 0.15) is 24.9 Å². The summed E-state index contributed by atoms with van der Waals surface area (Å²) in [5.74, 6) is 1.51. The molecule has 1 N–H and O–H groups in total. The lowest BCUT2D eigenvalue weighted by molar-refractivity contribution is 0.170. The number of carbonyl (C=O) groups is 1. The molecule has 0 fully saturated rings. The van der Waals surface area contributed by atoms with Gasteiger partial charge in [-0.1, -0.05) is 6.07 Å². The Balaban J connectivity index is 1.50. The molecule has 6 nitrogen and oxygen atoms in total. The molecule has 1 aromatic heterocycles. The molecule has 1 atom stereocenters. The fourth-order valence-electron chi connectivity index (χ4n) is 2.82. The van der Waals surface area contributed by atoms with Crippen LogP contribution in [-0.2, 0) is 6.54 Å². The number of urea groups is 1. The van der Waals surface area contributed by atoms with E-state index in [1.807, 2.05) is 56.7 Å². The summed E-state index contributed by atoms with van der Waals surface area (Å²) in [4.78, 5) is 14.1. The molecule has 134 valence electrons. The van der Waals surface area contributed by atoms with Crippen LogP contribution in [-0.4, -0.2) is 42.3 Å². The predicted molar refractivity (Wildman–Crippen MR) is 96.1 cm³/mol. The highest BCUT2D eigenvalue weighted by atomic mass is 16.6. The van der Waals surface area contributed by atoms with E-state index in [9.17, 15) is 4.79 Å². The molecular formula is C19H25N3O3. The number of nitrogens with one attached hydrogen (secondary N) is 1. The lowest BCUT2D eigenvalue weighted by Crippen LogP contribution is -2.39. The Labute approximate surface area is 148 Å². The average Bonchev–Trinajstić information content (AvgIpc) is 3.17. The molecule has 0 saturated carbocycles. The Bertz CT molecular complexity index is 700. The van der Waals surface area contributed by atoms with Crippen molar-refractivity contribution in [1.29, 1.82) is 0 Å². The van der Waals surface area contributed by atoms with E-state index in [0.717, 1.165) is 30.0 Å². The first-order chi connectivity index (χ1) is 12.1. The monoisotopic (exact) mass is 343 g/mol. The van der Waals surface area contributed by atoms with Crippen LogP contribution in [0.4, 0.5) is 4.79 Å². The highest BCUT2D eigenvalue weighted by Gasteiger charge is 2.20. The van der Waals surface area contributed by atoms with Crippen LogP contribution >= 0.6 is 0 Å². The van der Waals surface area contributed by atoms with Crippen molar-refractivity contribution in [3.05, 3.63) is 48.3 Å². The molecule has 2 aromatic rings. The van der Waals surface area contributed by atoms with Gasteiger partial charge in [0.25, 0.3) is 0 Å². The van der Waals surface area contributed by atoms with Crippen LogP contribution in [0, 0.1) is 0 Å². The minimum atomic E-state index is -0.0742. The van der Waals surface area contributed by atoms with Gasteiger partial charge in [0.2, 0.25) is 0 Å². The Morgan fingerprint density at radius 3 is 2.72 bits per heavy atom. The van der Waals surface area contributed by atoms with E-state index >= 15 is 0 Å². The zero-order chi connectivity index (χ0) is 17.6. The topological polar surface area (TPSA) is 55.7 Å². The van der Waals surface area contributed by atoms with Gasteiger partial charge in [-0.05, 0) is 43.2 Å². The van der Waals surface area contributed by atoms with Crippen molar-refractivity contribution in [1.82, 2.24) is 14.8 Å². The number of nitrogens with zero attached hydrogens (tertiary/aromatic N) is 2. The third-order valence-corrected chi connectivity index (χ3v) is 4.49. The van der Waals surface area contributed by atoms with Gasteiger partial charge in [0.05, 0.1) is 6.04 Å². The standard InChI is InChI=1S/C19H25N3O3/c1-15(16-6-7-17-18(14-16)25-13-12-24-17)21(2)19(23)20-8-5-11-22-9-3-4-10-22/h3-4,6-7,9-10,14-15H,5,8,11-13H2,1-2H3,(H,20,23)/t15-/m1/s1. The molecule has 1 aliphatic rings. The molecule has 2 heterocycles. The molecule has 25 heavy (non-hydrogen) atoms. The summed E-state index contributed by atoms with van der Waals surface area (Å²) in [6, 6.07) is 9.71. The molecule has 0 radical (unpaired) electrons. The van der Waals surface area contributed by atoms with E-state index in [-0.39, 0.29) is 12.1 Å². The van der Waals surface area contributed by atoms with Crippen molar-refractivity contribution in [3.63, 3.8) is 0 Å². The highest BCUT2D eigenvalue weighted by Crippen LogP contribution is 2.33. The van der Waals surface area contributed by atoms with Gasteiger partial charge in [-0.15, -0.1) is 0 Å². The molecule has 0 spiro atoms. The fourth-order valence-corrected chi connectivity index (χ4v) is 2.82. The van der Waals surface area contributed by atoms with Crippen LogP contribution < -0.4 is 14.8 Å². The number of amides is 2. The number of benzene rings is 1. The summed E-state index contributed by atoms with van der Waals surface area (Å²) in [6.45, 7) is 4.69. The van der Waals surface area contributed by atoms with Crippen LogP contribution in [0.25, 0.3) is 0 Å². The Hall–Kier alpha value is -2.63. The molecule has 0 unspecified atom stereocenters. The normalized spacial score (nSPS) is 14.0. The Kier molecular flexibility index (Phi) is 5.48. The largest absolute Gasteiger partial charge is 0.486 e. The van der Waals surface area contributed by atoms with E-state index in [1.54, 1.807) is 4.90 Å². The van der Waals surface area contributed by atoms with Crippen molar-refractivity contribution in [3.8, 4) is 11.5 Å². The Morgan fingerprint density at radius 1 is 1.24 bits per heavy atom. The number of aromatic nitrogens is 1. The van der Waals surface area contributed by atoms with E-state index in [1.165, 1.54) is 0 Å². The van der Waals surface area contributed by atoms with Crippen molar-refractivity contribution in [2.24, 2.45) is 0 Å². The molecule has 1 aliphatic heterocycles. The second-order valence-electron chi connectivity index (χ2n) is 6.20. The average molecular weight is 343 g/mol. The van der Waals surface area contributed by atoms with Crippen molar-refractivity contribution < 1.29 is 14.3 Å². The van der Waals surface area contributed by atoms with Gasteiger partial charge in [0, 0.05) is 32.5 Å². The molecule has 2 amide bonds. The first-order valence-electron chi connectivity index (χ1n) is 8.66. The minimum Gasteiger partial charge on any atom is -0.486 e. The fraction of sp³-hybridized carbons (Fsp3) is 0.421. The molecule has 0 bridgehead atoms. The van der Waals surface area contributed by atoms with Crippen LogP contribution in [0.2, 0.25) is 0 Å². The molecule has 3 rings (SSSR count). The van der Waals surface area contributed by atoms with Crippen molar-refractivity contribution in [2.45, 2.75) is 25.9 Å². The quantitative estimate of drug-likeness (QED) is 0.820. The van der Waals surface area contributed by atoms with E-state index < -0.39 is 0 Å². The number of hydrogen-bond acceptors (Lipinski definition) is 3. The lowest BCUT2D eigenvalue weighted by Gasteiger charge is -2.27. The molecule has 1 aromatic carbocycles. The molecule has 0 saturated heterocycles. The van der Waals surface area contributed by atoms with Gasteiger partial charge in [-0.25, -0.2) is 4.79 Å². The second-order valence-corrected chi connectivity index (χ2v) is 6.20.